The number of hydrogen-bond donors (Lipinski definition) is 1. The number of benzene rings is 1. The molecule has 1 aromatic carbocycles. The number of fused-ring (bicyclic) bond motifs is 1. The number of pyridine rings is 1. The second kappa shape index (κ2) is 9.69. The molecule has 1 N–H and O–H groups in total. The van der Waals surface area contributed by atoms with Gasteiger partial charge in [-0.25, -0.2) is 22.8 Å². The minimum Gasteiger partial charge on any atom is -0.322 e. The Balaban J connectivity index is 1.39. The van der Waals surface area contributed by atoms with E-state index in [2.05, 4.69) is 25.6 Å². The summed E-state index contributed by atoms with van der Waals surface area (Å²) < 4.78 is 46.2. The Morgan fingerprint density at radius 1 is 1.19 bits per heavy atom. The summed E-state index contributed by atoms with van der Waals surface area (Å²) >= 11 is 6.07. The van der Waals surface area contributed by atoms with Gasteiger partial charge >= 0.3 is 0 Å². The van der Waals surface area contributed by atoms with Crippen molar-refractivity contribution in [1.29, 1.82) is 0 Å². The fourth-order valence-electron chi connectivity index (χ4n) is 4.07. The molecule has 4 aromatic heterocycles. The number of nitrogens with one attached hydrogen (secondary N) is 1. The molecule has 4 heterocycles. The lowest BCUT2D eigenvalue weighted by Gasteiger charge is -2.08. The number of alkyl halides is 2. The van der Waals surface area contributed by atoms with Gasteiger partial charge in [0.25, 0.3) is 6.43 Å². The molecule has 0 radical (unpaired) electrons. The zero-order valence-electron chi connectivity index (χ0n) is 19.7. The molecule has 9 nitrogen and oxygen atoms in total. The minimum absolute atomic E-state index is 0.0712. The van der Waals surface area contributed by atoms with E-state index in [0.29, 0.717) is 22.6 Å². The van der Waals surface area contributed by atoms with Gasteiger partial charge in [-0.15, -0.1) is 0 Å². The average molecular weight is 529 g/mol. The first-order chi connectivity index (χ1) is 17.7. The van der Waals surface area contributed by atoms with Crippen molar-refractivity contribution in [1.82, 2.24) is 34.3 Å². The van der Waals surface area contributed by atoms with Crippen LogP contribution in [0.1, 0.15) is 23.2 Å². The summed E-state index contributed by atoms with van der Waals surface area (Å²) in [6, 6.07) is 5.71. The Morgan fingerprint density at radius 2 is 2.00 bits per heavy atom. The van der Waals surface area contributed by atoms with E-state index < -0.39 is 18.1 Å². The molecule has 0 saturated carbocycles. The summed E-state index contributed by atoms with van der Waals surface area (Å²) in [6.07, 6.45) is 3.36. The predicted molar refractivity (Wildman–Crippen MR) is 131 cm³/mol. The largest absolute Gasteiger partial charge is 0.322 e. The molecule has 5 aromatic rings. The summed E-state index contributed by atoms with van der Waals surface area (Å²) in [5.74, 6) is -0.934. The number of anilines is 1. The first kappa shape index (κ1) is 24.5. The van der Waals surface area contributed by atoms with Crippen LogP contribution in [0.3, 0.4) is 0 Å². The van der Waals surface area contributed by atoms with E-state index in [9.17, 15) is 18.0 Å². The number of hydrogen-bond acceptors (Lipinski definition) is 5. The monoisotopic (exact) mass is 528 g/mol. The van der Waals surface area contributed by atoms with Gasteiger partial charge in [-0.3, -0.25) is 14.2 Å². The molecule has 0 spiro atoms. The molecule has 0 unspecified atom stereocenters. The number of amides is 1. The van der Waals surface area contributed by atoms with Crippen molar-refractivity contribution >= 4 is 34.2 Å². The second-order valence-electron chi connectivity index (χ2n) is 8.42. The van der Waals surface area contributed by atoms with Gasteiger partial charge in [0.2, 0.25) is 5.91 Å². The number of nitrogens with zero attached hydrogens (tertiary/aromatic N) is 7. The summed E-state index contributed by atoms with van der Waals surface area (Å²) in [5, 5.41) is 15.7. The summed E-state index contributed by atoms with van der Waals surface area (Å²) in [7, 11) is 1.71. The van der Waals surface area contributed by atoms with Crippen molar-refractivity contribution in [3.8, 4) is 11.3 Å². The van der Waals surface area contributed by atoms with Crippen molar-refractivity contribution in [2.75, 3.05) is 5.32 Å². The van der Waals surface area contributed by atoms with Crippen molar-refractivity contribution in [3.05, 3.63) is 76.7 Å². The van der Waals surface area contributed by atoms with Crippen molar-refractivity contribution in [2.24, 2.45) is 7.05 Å². The van der Waals surface area contributed by atoms with Crippen LogP contribution < -0.4 is 5.32 Å². The van der Waals surface area contributed by atoms with E-state index in [1.807, 2.05) is 0 Å². The lowest BCUT2D eigenvalue weighted by atomic mass is 10.1. The van der Waals surface area contributed by atoms with Gasteiger partial charge in [0.15, 0.2) is 5.65 Å². The molecular weight excluding hydrogens is 509 g/mol. The molecule has 0 aliphatic rings. The fraction of sp³-hybridized carbons (Fsp3) is 0.208. The third-order valence-electron chi connectivity index (χ3n) is 5.74. The zero-order chi connectivity index (χ0) is 26.3. The van der Waals surface area contributed by atoms with Crippen LogP contribution >= 0.6 is 11.6 Å². The molecule has 0 bridgehead atoms. The van der Waals surface area contributed by atoms with Gasteiger partial charge in [0.1, 0.15) is 12.4 Å². The van der Waals surface area contributed by atoms with Crippen LogP contribution in [0, 0.1) is 12.7 Å². The second-order valence-corrected chi connectivity index (χ2v) is 8.82. The predicted octanol–water partition coefficient (Wildman–Crippen LogP) is 4.75. The third-order valence-corrected chi connectivity index (χ3v) is 6.09. The number of aromatic nitrogens is 7. The van der Waals surface area contributed by atoms with E-state index in [1.165, 1.54) is 46.2 Å². The van der Waals surface area contributed by atoms with Crippen LogP contribution in [-0.4, -0.2) is 40.2 Å². The first-order valence-corrected chi connectivity index (χ1v) is 11.5. The highest BCUT2D eigenvalue weighted by Gasteiger charge is 2.22. The maximum absolute atomic E-state index is 14.1. The van der Waals surface area contributed by atoms with Gasteiger partial charge in [-0.1, -0.05) is 17.7 Å². The molecule has 0 fully saturated rings. The van der Waals surface area contributed by atoms with E-state index >= 15 is 0 Å². The first-order valence-electron chi connectivity index (χ1n) is 11.1. The van der Waals surface area contributed by atoms with E-state index in [4.69, 9.17) is 11.6 Å². The topological polar surface area (TPSA) is 95.5 Å². The van der Waals surface area contributed by atoms with Gasteiger partial charge < -0.3 is 5.32 Å². The molecule has 13 heteroatoms. The fourth-order valence-corrected chi connectivity index (χ4v) is 4.29. The third kappa shape index (κ3) is 4.92. The molecule has 0 saturated heterocycles. The number of rotatable bonds is 7. The lowest BCUT2D eigenvalue weighted by Crippen LogP contribution is -2.19. The maximum Gasteiger partial charge on any atom is 0.264 e. The summed E-state index contributed by atoms with van der Waals surface area (Å²) in [4.78, 5) is 17.3. The molecule has 190 valence electrons. The molecule has 5 rings (SSSR count). The SMILES string of the molecule is Cc1nn(CC(=O)Nc2cnn(Cc3c(F)cccc3Cl)c2)c2nc(-c3cnn(C)c3)cc(C(F)F)c12. The van der Waals surface area contributed by atoms with Gasteiger partial charge in [0.05, 0.1) is 41.4 Å². The van der Waals surface area contributed by atoms with Crippen molar-refractivity contribution in [2.45, 2.75) is 26.4 Å². The van der Waals surface area contributed by atoms with Crippen LogP contribution in [0.2, 0.25) is 5.02 Å². The Labute approximate surface area is 213 Å². The highest BCUT2D eigenvalue weighted by molar-refractivity contribution is 6.31. The van der Waals surface area contributed by atoms with E-state index in [-0.39, 0.29) is 40.3 Å². The molecule has 1 amide bonds. The highest BCUT2D eigenvalue weighted by Crippen LogP contribution is 2.33. The number of halogens is 4. The Hall–Kier alpha value is -4.19. The summed E-state index contributed by atoms with van der Waals surface area (Å²) in [6.45, 7) is 1.38. The van der Waals surface area contributed by atoms with E-state index in [0.717, 1.165) is 0 Å². The van der Waals surface area contributed by atoms with Crippen molar-refractivity contribution in [3.63, 3.8) is 0 Å². The van der Waals surface area contributed by atoms with Crippen LogP contribution in [-0.2, 0) is 24.9 Å². The maximum atomic E-state index is 14.1. The quantitative estimate of drug-likeness (QED) is 0.329. The highest BCUT2D eigenvalue weighted by atomic mass is 35.5. The van der Waals surface area contributed by atoms with Crippen LogP contribution in [0.25, 0.3) is 22.3 Å². The average Bonchev–Trinajstić information content (AvgIpc) is 3.55. The molecular formula is C24H20ClF3N8O. The molecule has 37 heavy (non-hydrogen) atoms. The number of carbonyl (C=O) groups is 1. The lowest BCUT2D eigenvalue weighted by molar-refractivity contribution is -0.116. The number of aryl methyl sites for hydroxylation is 2. The molecule has 0 atom stereocenters. The molecule has 0 aliphatic carbocycles. The van der Waals surface area contributed by atoms with Crippen molar-refractivity contribution < 1.29 is 18.0 Å². The van der Waals surface area contributed by atoms with E-state index in [1.54, 1.807) is 30.9 Å². The minimum atomic E-state index is -2.76. The molecule has 0 aliphatic heterocycles. The zero-order valence-corrected chi connectivity index (χ0v) is 20.4. The van der Waals surface area contributed by atoms with Crippen LogP contribution in [0.5, 0.6) is 0 Å². The normalized spacial score (nSPS) is 11.5. The Kier molecular flexibility index (Phi) is 6.42. The van der Waals surface area contributed by atoms with Crippen LogP contribution in [0.15, 0.2) is 49.1 Å². The van der Waals surface area contributed by atoms with Gasteiger partial charge in [-0.2, -0.15) is 15.3 Å². The summed E-state index contributed by atoms with van der Waals surface area (Å²) in [5.41, 5.74) is 1.76. The standard InChI is InChI=1S/C24H20ClF3N8O/c1-13-22-16(23(27)28)6-20(14-7-29-34(2)9-14)32-24(22)36(33-13)12-21(37)31-15-8-30-35(10-15)11-17-18(25)4-3-5-19(17)26/h3-10,23H,11-12H2,1-2H3,(H,31,37). The number of carbonyl (C=O) groups excluding carboxylic acids is 1. The smallest absolute Gasteiger partial charge is 0.264 e. The Morgan fingerprint density at radius 3 is 2.70 bits per heavy atom. The van der Waals surface area contributed by atoms with Gasteiger partial charge in [0, 0.05) is 41.2 Å². The van der Waals surface area contributed by atoms with Gasteiger partial charge in [-0.05, 0) is 25.1 Å². The Bertz CT molecular complexity index is 1600. The van der Waals surface area contributed by atoms with Crippen LogP contribution in [0.4, 0.5) is 18.9 Å².